The predicted octanol–water partition coefficient (Wildman–Crippen LogP) is 2.80. The van der Waals surface area contributed by atoms with Gasteiger partial charge in [0.25, 0.3) is 11.6 Å². The predicted molar refractivity (Wildman–Crippen MR) is 85.3 cm³/mol. The van der Waals surface area contributed by atoms with Crippen LogP contribution in [0.1, 0.15) is 30.1 Å². The number of carbonyl (C=O) groups excluding carboxylic acids is 1. The SMILES string of the molecule is C[C@H]1C[C@@H](N(C)C(=O)c2ccc([N+](=O)[O-])cc2Cl)CCN1C. The van der Waals surface area contributed by atoms with Gasteiger partial charge in [0.05, 0.1) is 15.5 Å². The maximum atomic E-state index is 12.6. The molecule has 1 aromatic rings. The first kappa shape index (κ1) is 16.7. The normalized spacial score (nSPS) is 22.4. The van der Waals surface area contributed by atoms with E-state index < -0.39 is 4.92 Å². The van der Waals surface area contributed by atoms with Crippen LogP contribution in [-0.2, 0) is 0 Å². The van der Waals surface area contributed by atoms with Crippen LogP contribution in [0.15, 0.2) is 18.2 Å². The van der Waals surface area contributed by atoms with Gasteiger partial charge in [-0.25, -0.2) is 0 Å². The average molecular weight is 326 g/mol. The number of benzene rings is 1. The number of likely N-dealkylation sites (tertiary alicyclic amines) is 1. The monoisotopic (exact) mass is 325 g/mol. The highest BCUT2D eigenvalue weighted by molar-refractivity contribution is 6.34. The molecule has 0 saturated carbocycles. The number of halogens is 1. The van der Waals surface area contributed by atoms with Crippen LogP contribution in [0.5, 0.6) is 0 Å². The van der Waals surface area contributed by atoms with Gasteiger partial charge in [-0.1, -0.05) is 11.6 Å². The molecule has 1 heterocycles. The van der Waals surface area contributed by atoms with Crippen LogP contribution in [0, 0.1) is 10.1 Å². The Morgan fingerprint density at radius 2 is 2.18 bits per heavy atom. The molecule has 2 atom stereocenters. The Morgan fingerprint density at radius 3 is 2.73 bits per heavy atom. The van der Waals surface area contributed by atoms with Crippen LogP contribution >= 0.6 is 11.6 Å². The van der Waals surface area contributed by atoms with Gasteiger partial charge in [0, 0.05) is 37.8 Å². The van der Waals surface area contributed by atoms with Gasteiger partial charge in [0.1, 0.15) is 0 Å². The minimum atomic E-state index is -0.525. The molecule has 1 aliphatic rings. The second kappa shape index (κ2) is 6.62. The summed E-state index contributed by atoms with van der Waals surface area (Å²) < 4.78 is 0. The van der Waals surface area contributed by atoms with Crippen LogP contribution in [0.2, 0.25) is 5.02 Å². The quantitative estimate of drug-likeness (QED) is 0.633. The van der Waals surface area contributed by atoms with Crippen molar-refractivity contribution in [3.05, 3.63) is 38.9 Å². The molecule has 0 spiro atoms. The summed E-state index contributed by atoms with van der Waals surface area (Å²) in [5, 5.41) is 10.8. The molecular formula is C15H20ClN3O3. The van der Waals surface area contributed by atoms with Crippen molar-refractivity contribution in [1.29, 1.82) is 0 Å². The van der Waals surface area contributed by atoms with Gasteiger partial charge in [0.15, 0.2) is 0 Å². The van der Waals surface area contributed by atoms with E-state index in [1.54, 1.807) is 11.9 Å². The number of hydrogen-bond acceptors (Lipinski definition) is 4. The van der Waals surface area contributed by atoms with E-state index >= 15 is 0 Å². The average Bonchev–Trinajstić information content (AvgIpc) is 2.48. The molecule has 0 bridgehead atoms. The van der Waals surface area contributed by atoms with Gasteiger partial charge >= 0.3 is 0 Å². The highest BCUT2D eigenvalue weighted by Crippen LogP contribution is 2.26. The minimum Gasteiger partial charge on any atom is -0.339 e. The molecule has 0 radical (unpaired) electrons. The summed E-state index contributed by atoms with van der Waals surface area (Å²) >= 11 is 6.04. The fourth-order valence-corrected chi connectivity index (χ4v) is 3.02. The number of non-ortho nitro benzene ring substituents is 1. The van der Waals surface area contributed by atoms with Gasteiger partial charge < -0.3 is 9.80 Å². The molecule has 0 aromatic heterocycles. The molecule has 1 aromatic carbocycles. The lowest BCUT2D eigenvalue weighted by Gasteiger charge is -2.39. The van der Waals surface area contributed by atoms with E-state index in [9.17, 15) is 14.9 Å². The molecule has 1 fully saturated rings. The van der Waals surface area contributed by atoms with Gasteiger partial charge in [-0.3, -0.25) is 14.9 Å². The molecule has 1 aliphatic heterocycles. The number of hydrogen-bond donors (Lipinski definition) is 0. The van der Waals surface area contributed by atoms with Crippen molar-refractivity contribution in [2.24, 2.45) is 0 Å². The molecule has 22 heavy (non-hydrogen) atoms. The van der Waals surface area contributed by atoms with Crippen molar-refractivity contribution in [3.8, 4) is 0 Å². The maximum absolute atomic E-state index is 12.6. The van der Waals surface area contributed by atoms with Crippen LogP contribution < -0.4 is 0 Å². The maximum Gasteiger partial charge on any atom is 0.270 e. The standard InChI is InChI=1S/C15H20ClN3O3/c1-10-8-11(6-7-17(10)2)18(3)15(20)13-5-4-12(19(21)22)9-14(13)16/h4-5,9-11H,6-8H2,1-3H3/t10-,11-/m0/s1. The van der Waals surface area contributed by atoms with E-state index in [4.69, 9.17) is 11.6 Å². The zero-order valence-corrected chi connectivity index (χ0v) is 13.7. The molecule has 6 nitrogen and oxygen atoms in total. The fraction of sp³-hybridized carbons (Fsp3) is 0.533. The lowest BCUT2D eigenvalue weighted by molar-refractivity contribution is -0.384. The van der Waals surface area contributed by atoms with E-state index in [-0.39, 0.29) is 22.7 Å². The first-order valence-corrected chi connectivity index (χ1v) is 7.60. The van der Waals surface area contributed by atoms with E-state index in [0.29, 0.717) is 11.6 Å². The van der Waals surface area contributed by atoms with Crippen molar-refractivity contribution in [1.82, 2.24) is 9.80 Å². The first-order valence-electron chi connectivity index (χ1n) is 7.22. The van der Waals surface area contributed by atoms with Crippen molar-refractivity contribution in [3.63, 3.8) is 0 Å². The lowest BCUT2D eigenvalue weighted by atomic mass is 9.97. The summed E-state index contributed by atoms with van der Waals surface area (Å²) in [7, 11) is 3.85. The third kappa shape index (κ3) is 3.39. The first-order chi connectivity index (χ1) is 10.3. The van der Waals surface area contributed by atoms with Gasteiger partial charge in [-0.05, 0) is 32.9 Å². The zero-order valence-electron chi connectivity index (χ0n) is 13.0. The highest BCUT2D eigenvalue weighted by atomic mass is 35.5. The molecule has 0 unspecified atom stereocenters. The fourth-order valence-electron chi connectivity index (χ4n) is 2.76. The Balaban J connectivity index is 2.15. The number of amides is 1. The smallest absolute Gasteiger partial charge is 0.270 e. The molecule has 120 valence electrons. The van der Waals surface area contributed by atoms with Crippen LogP contribution in [0.3, 0.4) is 0 Å². The van der Waals surface area contributed by atoms with E-state index in [1.807, 2.05) is 0 Å². The number of piperidine rings is 1. The number of nitro benzene ring substituents is 1. The molecule has 0 N–H and O–H groups in total. The Labute approximate surface area is 134 Å². The third-order valence-electron chi connectivity index (χ3n) is 4.44. The summed E-state index contributed by atoms with van der Waals surface area (Å²) in [6, 6.07) is 4.54. The number of rotatable bonds is 3. The summed E-state index contributed by atoms with van der Waals surface area (Å²) in [5.41, 5.74) is 0.193. The molecular weight excluding hydrogens is 306 g/mol. The van der Waals surface area contributed by atoms with Crippen molar-refractivity contribution < 1.29 is 9.72 Å². The molecule has 1 saturated heterocycles. The summed E-state index contributed by atoms with van der Waals surface area (Å²) in [5.74, 6) is -0.193. The minimum absolute atomic E-state index is 0.114. The van der Waals surface area contributed by atoms with Crippen molar-refractivity contribution in [2.45, 2.75) is 31.8 Å². The van der Waals surface area contributed by atoms with Crippen molar-refractivity contribution >= 4 is 23.2 Å². The Kier molecular flexibility index (Phi) is 5.03. The number of nitrogens with zero attached hydrogens (tertiary/aromatic N) is 3. The van der Waals surface area contributed by atoms with E-state index in [2.05, 4.69) is 18.9 Å². The van der Waals surface area contributed by atoms with Crippen LogP contribution in [0.4, 0.5) is 5.69 Å². The van der Waals surface area contributed by atoms with Crippen molar-refractivity contribution in [2.75, 3.05) is 20.6 Å². The molecule has 0 aliphatic carbocycles. The third-order valence-corrected chi connectivity index (χ3v) is 4.76. The molecule has 7 heteroatoms. The topological polar surface area (TPSA) is 66.7 Å². The number of carbonyl (C=O) groups is 1. The Morgan fingerprint density at radius 1 is 1.50 bits per heavy atom. The van der Waals surface area contributed by atoms with Crippen LogP contribution in [0.25, 0.3) is 0 Å². The number of nitro groups is 1. The van der Waals surface area contributed by atoms with Gasteiger partial charge in [-0.15, -0.1) is 0 Å². The summed E-state index contributed by atoms with van der Waals surface area (Å²) in [4.78, 5) is 26.8. The van der Waals surface area contributed by atoms with Gasteiger partial charge in [0.2, 0.25) is 0 Å². The highest BCUT2D eigenvalue weighted by Gasteiger charge is 2.29. The van der Waals surface area contributed by atoms with Crippen LogP contribution in [-0.4, -0.2) is 53.4 Å². The molecule has 2 rings (SSSR count). The zero-order chi connectivity index (χ0) is 16.4. The summed E-state index contributed by atoms with van der Waals surface area (Å²) in [6.07, 6.45) is 1.82. The largest absolute Gasteiger partial charge is 0.339 e. The summed E-state index contributed by atoms with van der Waals surface area (Å²) in [6.45, 7) is 3.08. The van der Waals surface area contributed by atoms with E-state index in [0.717, 1.165) is 19.4 Å². The second-order valence-corrected chi connectivity index (χ2v) is 6.25. The second-order valence-electron chi connectivity index (χ2n) is 5.85. The molecule has 1 amide bonds. The Bertz CT molecular complexity index is 593. The Hall–Kier alpha value is -1.66. The lowest BCUT2D eigenvalue weighted by Crippen LogP contribution is -2.48. The van der Waals surface area contributed by atoms with Gasteiger partial charge in [-0.2, -0.15) is 0 Å². The van der Waals surface area contributed by atoms with E-state index in [1.165, 1.54) is 18.2 Å².